The highest BCUT2D eigenvalue weighted by Crippen LogP contribution is 2.35. The number of amides is 1. The highest BCUT2D eigenvalue weighted by Gasteiger charge is 2.41. The zero-order valence-electron chi connectivity index (χ0n) is 12.5. The SMILES string of the molecule is CC1(C(=O)N=c2sccn2CCC(=O)O)CNc2ncccc21. The first-order valence-corrected chi connectivity index (χ1v) is 8.03. The number of carbonyl (C=O) groups is 2. The Balaban J connectivity index is 1.91. The van der Waals surface area contributed by atoms with Crippen LogP contribution in [0.5, 0.6) is 0 Å². The molecule has 2 aromatic heterocycles. The summed E-state index contributed by atoms with van der Waals surface area (Å²) in [4.78, 5) is 32.4. The number of pyridine rings is 1. The summed E-state index contributed by atoms with van der Waals surface area (Å²) in [5.74, 6) is -0.431. The minimum absolute atomic E-state index is 0.0102. The molecule has 0 aromatic carbocycles. The first kappa shape index (κ1) is 15.4. The number of aliphatic carboxylic acids is 1. The molecule has 1 atom stereocenters. The van der Waals surface area contributed by atoms with Crippen LogP contribution in [0.25, 0.3) is 0 Å². The maximum Gasteiger partial charge on any atom is 0.305 e. The van der Waals surface area contributed by atoms with Gasteiger partial charge in [0.2, 0.25) is 0 Å². The van der Waals surface area contributed by atoms with Crippen LogP contribution in [0, 0.1) is 0 Å². The molecular formula is C15H16N4O3S. The second-order valence-corrected chi connectivity index (χ2v) is 6.40. The number of carboxylic acids is 1. The Morgan fingerprint density at radius 3 is 3.17 bits per heavy atom. The van der Waals surface area contributed by atoms with Crippen molar-refractivity contribution in [3.05, 3.63) is 40.3 Å². The van der Waals surface area contributed by atoms with Crippen molar-refractivity contribution in [1.29, 1.82) is 0 Å². The normalized spacial score (nSPS) is 20.1. The van der Waals surface area contributed by atoms with Gasteiger partial charge in [-0.15, -0.1) is 11.3 Å². The van der Waals surface area contributed by atoms with Crippen molar-refractivity contribution in [2.75, 3.05) is 11.9 Å². The molecule has 1 unspecified atom stereocenters. The zero-order chi connectivity index (χ0) is 16.4. The Hall–Kier alpha value is -2.48. The number of aromatic nitrogens is 2. The van der Waals surface area contributed by atoms with Crippen LogP contribution in [0.3, 0.4) is 0 Å². The molecule has 0 fully saturated rings. The van der Waals surface area contributed by atoms with E-state index in [-0.39, 0.29) is 18.9 Å². The molecule has 7 nitrogen and oxygen atoms in total. The number of anilines is 1. The van der Waals surface area contributed by atoms with Crippen LogP contribution in [0.2, 0.25) is 0 Å². The van der Waals surface area contributed by atoms with Crippen LogP contribution in [-0.2, 0) is 21.5 Å². The lowest BCUT2D eigenvalue weighted by atomic mass is 9.84. The molecule has 0 saturated carbocycles. The standard InChI is InChI=1S/C15H16N4O3S/c1-15(9-17-12-10(15)3-2-5-16-12)13(22)18-14-19(7-8-23-14)6-4-11(20)21/h2-3,5,7-8H,4,6,9H2,1H3,(H,16,17)(H,20,21). The quantitative estimate of drug-likeness (QED) is 0.878. The first-order chi connectivity index (χ1) is 11.0. The predicted molar refractivity (Wildman–Crippen MR) is 85.2 cm³/mol. The average Bonchev–Trinajstić information content (AvgIpc) is 3.11. The summed E-state index contributed by atoms with van der Waals surface area (Å²) < 4.78 is 1.69. The lowest BCUT2D eigenvalue weighted by Crippen LogP contribution is -2.35. The van der Waals surface area contributed by atoms with Gasteiger partial charge in [0, 0.05) is 36.4 Å². The van der Waals surface area contributed by atoms with Gasteiger partial charge < -0.3 is 15.0 Å². The van der Waals surface area contributed by atoms with Gasteiger partial charge in [-0.1, -0.05) is 6.07 Å². The molecule has 0 spiro atoms. The number of aryl methyl sites for hydroxylation is 1. The van der Waals surface area contributed by atoms with Gasteiger partial charge in [-0.25, -0.2) is 4.98 Å². The van der Waals surface area contributed by atoms with Crippen LogP contribution in [-0.4, -0.2) is 33.1 Å². The number of carbonyl (C=O) groups excluding carboxylic acids is 1. The minimum Gasteiger partial charge on any atom is -0.481 e. The molecule has 3 rings (SSSR count). The molecule has 1 amide bonds. The third-order valence-corrected chi connectivity index (χ3v) is 4.70. The van der Waals surface area contributed by atoms with E-state index in [4.69, 9.17) is 5.11 Å². The van der Waals surface area contributed by atoms with Crippen LogP contribution in [0.4, 0.5) is 5.82 Å². The fraction of sp³-hybridized carbons (Fsp3) is 0.333. The molecule has 1 aliphatic rings. The molecule has 2 N–H and O–H groups in total. The van der Waals surface area contributed by atoms with E-state index in [0.29, 0.717) is 17.2 Å². The number of hydrogen-bond acceptors (Lipinski definition) is 5. The summed E-state index contributed by atoms with van der Waals surface area (Å²) >= 11 is 1.31. The molecule has 120 valence electrons. The van der Waals surface area contributed by atoms with Gasteiger partial charge in [-0.2, -0.15) is 4.99 Å². The number of nitrogens with one attached hydrogen (secondary N) is 1. The molecule has 8 heteroatoms. The fourth-order valence-corrected chi connectivity index (χ4v) is 3.27. The summed E-state index contributed by atoms with van der Waals surface area (Å²) in [6.45, 7) is 2.58. The highest BCUT2D eigenvalue weighted by molar-refractivity contribution is 7.07. The monoisotopic (exact) mass is 332 g/mol. The van der Waals surface area contributed by atoms with Crippen molar-refractivity contribution in [1.82, 2.24) is 9.55 Å². The van der Waals surface area contributed by atoms with Gasteiger partial charge in [0.1, 0.15) is 5.82 Å². The number of fused-ring (bicyclic) bond motifs is 1. The maximum absolute atomic E-state index is 12.7. The van der Waals surface area contributed by atoms with E-state index in [9.17, 15) is 9.59 Å². The summed E-state index contributed by atoms with van der Waals surface area (Å²) in [6, 6.07) is 3.68. The van der Waals surface area contributed by atoms with E-state index in [1.165, 1.54) is 11.3 Å². The molecule has 23 heavy (non-hydrogen) atoms. The van der Waals surface area contributed by atoms with Crippen molar-refractivity contribution in [3.63, 3.8) is 0 Å². The van der Waals surface area contributed by atoms with E-state index in [2.05, 4.69) is 15.3 Å². The number of nitrogens with zero attached hydrogens (tertiary/aromatic N) is 3. The molecule has 3 heterocycles. The number of hydrogen-bond donors (Lipinski definition) is 2. The highest BCUT2D eigenvalue weighted by atomic mass is 32.1. The minimum atomic E-state index is -0.882. The van der Waals surface area contributed by atoms with Gasteiger partial charge in [0.15, 0.2) is 4.80 Å². The third-order valence-electron chi connectivity index (χ3n) is 3.91. The Morgan fingerprint density at radius 1 is 1.57 bits per heavy atom. The first-order valence-electron chi connectivity index (χ1n) is 7.15. The number of rotatable bonds is 4. The molecule has 1 aliphatic heterocycles. The van der Waals surface area contributed by atoms with E-state index in [1.54, 1.807) is 28.4 Å². The third kappa shape index (κ3) is 2.89. The lowest BCUT2D eigenvalue weighted by molar-refractivity contribution is -0.137. The summed E-state index contributed by atoms with van der Waals surface area (Å²) in [6.07, 6.45) is 3.41. The van der Waals surface area contributed by atoms with E-state index in [1.807, 2.05) is 13.0 Å². The van der Waals surface area contributed by atoms with Crippen molar-refractivity contribution in [2.24, 2.45) is 4.99 Å². The Morgan fingerprint density at radius 2 is 2.39 bits per heavy atom. The predicted octanol–water partition coefficient (Wildman–Crippen LogP) is 1.23. The number of thiazole rings is 1. The number of carboxylic acid groups (broad SMARTS) is 1. The average molecular weight is 332 g/mol. The van der Waals surface area contributed by atoms with E-state index in [0.717, 1.165) is 5.56 Å². The second kappa shape index (κ2) is 5.96. The molecule has 0 aliphatic carbocycles. The van der Waals surface area contributed by atoms with Gasteiger partial charge in [0.05, 0.1) is 11.8 Å². The smallest absolute Gasteiger partial charge is 0.305 e. The zero-order valence-corrected chi connectivity index (χ0v) is 13.3. The van der Waals surface area contributed by atoms with Gasteiger partial charge in [0.25, 0.3) is 5.91 Å². The maximum atomic E-state index is 12.7. The Kier molecular flexibility index (Phi) is 3.99. The van der Waals surface area contributed by atoms with E-state index < -0.39 is 11.4 Å². The molecule has 2 aromatic rings. The topological polar surface area (TPSA) is 96.6 Å². The Labute approximate surface area is 136 Å². The molecule has 0 radical (unpaired) electrons. The van der Waals surface area contributed by atoms with Crippen molar-refractivity contribution in [2.45, 2.75) is 25.3 Å². The van der Waals surface area contributed by atoms with E-state index >= 15 is 0 Å². The summed E-state index contributed by atoms with van der Waals surface area (Å²) in [5.41, 5.74) is 0.0699. The van der Waals surface area contributed by atoms with Crippen LogP contribution in [0.1, 0.15) is 18.9 Å². The van der Waals surface area contributed by atoms with Crippen molar-refractivity contribution < 1.29 is 14.7 Å². The second-order valence-electron chi connectivity index (χ2n) is 5.52. The Bertz CT molecular complexity index is 826. The van der Waals surface area contributed by atoms with Crippen molar-refractivity contribution >= 4 is 29.0 Å². The van der Waals surface area contributed by atoms with Crippen molar-refractivity contribution in [3.8, 4) is 0 Å². The molecular weight excluding hydrogens is 316 g/mol. The van der Waals surface area contributed by atoms with Gasteiger partial charge >= 0.3 is 5.97 Å². The van der Waals surface area contributed by atoms with Crippen LogP contribution in [0.15, 0.2) is 34.9 Å². The molecule has 0 bridgehead atoms. The summed E-state index contributed by atoms with van der Waals surface area (Å²) in [5, 5.41) is 13.7. The largest absolute Gasteiger partial charge is 0.481 e. The molecule has 0 saturated heterocycles. The van der Waals surface area contributed by atoms with Gasteiger partial charge in [-0.3, -0.25) is 9.59 Å². The van der Waals surface area contributed by atoms with Crippen LogP contribution < -0.4 is 10.1 Å². The van der Waals surface area contributed by atoms with Crippen LogP contribution >= 0.6 is 11.3 Å². The fourth-order valence-electron chi connectivity index (χ4n) is 2.52. The lowest BCUT2D eigenvalue weighted by Gasteiger charge is -2.18. The van der Waals surface area contributed by atoms with Gasteiger partial charge in [-0.05, 0) is 13.0 Å². The summed E-state index contributed by atoms with van der Waals surface area (Å²) in [7, 11) is 0.